The Morgan fingerprint density at radius 3 is 1.89 bits per heavy atom. The molecule has 0 fully saturated rings. The van der Waals surface area contributed by atoms with Crippen LogP contribution in [0, 0.1) is 0 Å². The molecule has 0 amide bonds. The van der Waals surface area contributed by atoms with E-state index in [0.29, 0.717) is 0 Å². The highest BCUT2D eigenvalue weighted by Crippen LogP contribution is 1.92. The second-order valence-corrected chi connectivity index (χ2v) is 3.09. The summed E-state index contributed by atoms with van der Waals surface area (Å²) in [6, 6.07) is 0. The molecule has 0 radical (unpaired) electrons. The molecule has 0 aromatic carbocycles. The van der Waals surface area contributed by atoms with E-state index < -0.39 is 0 Å². The van der Waals surface area contributed by atoms with Crippen LogP contribution in [0.5, 0.6) is 0 Å². The zero-order chi connectivity index (χ0) is 6.62. The summed E-state index contributed by atoms with van der Waals surface area (Å²) in [6.07, 6.45) is 3.08. The monoisotopic (exact) mass is 131 g/mol. The van der Waals surface area contributed by atoms with Gasteiger partial charge in [-0.15, -0.1) is 6.58 Å². The normalized spacial score (nSPS) is 10.1. The molecule has 56 valence electrons. The average Bonchev–Trinajstić information content (AvgIpc) is 1.59. The first-order valence-electron chi connectivity index (χ1n) is 2.97. The van der Waals surface area contributed by atoms with Crippen LogP contribution in [0.15, 0.2) is 12.7 Å². The van der Waals surface area contributed by atoms with Crippen LogP contribution in [-0.4, -0.2) is 37.6 Å². The second-order valence-electron chi connectivity index (χ2n) is 3.09. The molecule has 0 aliphatic carbocycles. The first-order valence-corrected chi connectivity index (χ1v) is 2.97. The van der Waals surface area contributed by atoms with Crippen LogP contribution in [0.2, 0.25) is 0 Å². The van der Waals surface area contributed by atoms with Gasteiger partial charge in [0.2, 0.25) is 0 Å². The molecule has 0 aliphatic heterocycles. The lowest BCUT2D eigenvalue weighted by Gasteiger charge is -2.22. The van der Waals surface area contributed by atoms with Gasteiger partial charge < -0.3 is 9.96 Å². The first-order chi connectivity index (χ1) is 3.56. The Labute approximate surface area is 57.7 Å². The number of rotatable bonds is 3. The second kappa shape index (κ2) is 4.53. The maximum absolute atomic E-state index is 3.65. The van der Waals surface area contributed by atoms with Crippen molar-refractivity contribution in [2.24, 2.45) is 0 Å². The van der Waals surface area contributed by atoms with Crippen LogP contribution in [-0.2, 0) is 0 Å². The van der Waals surface area contributed by atoms with E-state index in [0.717, 1.165) is 10.9 Å². The maximum atomic E-state index is 3.65. The van der Waals surface area contributed by atoms with E-state index in [2.05, 4.69) is 27.7 Å². The van der Waals surface area contributed by atoms with E-state index in [1.807, 2.05) is 6.08 Å². The zero-order valence-electron chi connectivity index (χ0n) is 6.59. The number of quaternary nitrogens is 1. The summed E-state index contributed by atoms with van der Waals surface area (Å²) in [6.45, 7) is 4.84. The lowest BCUT2D eigenvalue weighted by molar-refractivity contribution is -0.869. The van der Waals surface area contributed by atoms with Crippen LogP contribution in [0.3, 0.4) is 0 Å². The van der Waals surface area contributed by atoms with E-state index in [-0.39, 0.29) is 5.48 Å². The van der Waals surface area contributed by atoms with Gasteiger partial charge in [0.05, 0.1) is 27.7 Å². The van der Waals surface area contributed by atoms with E-state index in [1.165, 1.54) is 6.54 Å². The molecule has 2 nitrogen and oxygen atoms in total. The third kappa shape index (κ3) is 11.3. The topological polar surface area (TPSA) is 30.0 Å². The quantitative estimate of drug-likeness (QED) is 0.416. The van der Waals surface area contributed by atoms with Gasteiger partial charge in [0.25, 0.3) is 0 Å². The van der Waals surface area contributed by atoms with Crippen molar-refractivity contribution in [3.63, 3.8) is 0 Å². The summed E-state index contributed by atoms with van der Waals surface area (Å²) in [7, 11) is 6.55. The Bertz CT molecular complexity index is 73.5. The van der Waals surface area contributed by atoms with Crippen molar-refractivity contribution in [3.05, 3.63) is 12.7 Å². The van der Waals surface area contributed by atoms with E-state index in [4.69, 9.17) is 0 Å². The summed E-state index contributed by atoms with van der Waals surface area (Å²) < 4.78 is 1.03. The van der Waals surface area contributed by atoms with Crippen molar-refractivity contribution < 1.29 is 9.96 Å². The lowest BCUT2D eigenvalue weighted by atomic mass is 10.4. The molecule has 0 aromatic rings. The van der Waals surface area contributed by atoms with Crippen LogP contribution in [0.25, 0.3) is 0 Å². The van der Waals surface area contributed by atoms with E-state index in [1.54, 1.807) is 0 Å². The van der Waals surface area contributed by atoms with Gasteiger partial charge in [-0.25, -0.2) is 0 Å². The molecule has 9 heavy (non-hydrogen) atoms. The summed E-state index contributed by atoms with van der Waals surface area (Å²) in [5.41, 5.74) is 0. The molecule has 1 N–H and O–H groups in total. The summed E-state index contributed by atoms with van der Waals surface area (Å²) in [4.78, 5) is 0. The fraction of sp³-hybridized carbons (Fsp3) is 0.714. The predicted octanol–water partition coefficient (Wildman–Crippen LogP) is 1.09. The highest BCUT2D eigenvalue weighted by Gasteiger charge is 2.02. The van der Waals surface area contributed by atoms with Crippen molar-refractivity contribution in [2.75, 3.05) is 27.7 Å². The maximum Gasteiger partial charge on any atom is 0.0815 e. The van der Waals surface area contributed by atoms with Crippen molar-refractivity contribution in [3.8, 4) is 0 Å². The lowest BCUT2D eigenvalue weighted by Crippen LogP contribution is -2.34. The van der Waals surface area contributed by atoms with Gasteiger partial charge in [-0.3, -0.25) is 0 Å². The predicted molar refractivity (Wildman–Crippen MR) is 39.6 cm³/mol. The molecule has 0 atom stereocenters. The van der Waals surface area contributed by atoms with Crippen LogP contribution >= 0.6 is 0 Å². The molecular formula is C7H17NO. The fourth-order valence-corrected chi connectivity index (χ4v) is 0.479. The molecule has 0 bridgehead atoms. The smallest absolute Gasteiger partial charge is 0.0815 e. The fourth-order valence-electron chi connectivity index (χ4n) is 0.479. The molecular weight excluding hydrogens is 114 g/mol. The minimum absolute atomic E-state index is 0. The highest BCUT2D eigenvalue weighted by atomic mass is 16.0. The van der Waals surface area contributed by atoms with Crippen LogP contribution < -0.4 is 0 Å². The molecule has 0 aliphatic rings. The first kappa shape index (κ1) is 11.5. The average molecular weight is 131 g/mol. The summed E-state index contributed by atoms with van der Waals surface area (Å²) >= 11 is 0. The Kier molecular flexibility index (Phi) is 5.77. The molecule has 2 heteroatoms. The number of hydrogen-bond acceptors (Lipinski definition) is 1. The Morgan fingerprint density at radius 1 is 1.33 bits per heavy atom. The Balaban J connectivity index is 0. The molecule has 0 saturated carbocycles. The molecule has 0 heterocycles. The largest absolute Gasteiger partial charge is 0.870 e. The van der Waals surface area contributed by atoms with Crippen molar-refractivity contribution in [1.29, 1.82) is 0 Å². The molecule has 0 aromatic heterocycles. The van der Waals surface area contributed by atoms with Crippen molar-refractivity contribution in [2.45, 2.75) is 6.42 Å². The minimum atomic E-state index is 0. The number of nitrogens with zero attached hydrogens (tertiary/aromatic N) is 1. The highest BCUT2D eigenvalue weighted by molar-refractivity contribution is 4.64. The van der Waals surface area contributed by atoms with Gasteiger partial charge in [-0.1, -0.05) is 6.08 Å². The van der Waals surface area contributed by atoms with Crippen molar-refractivity contribution in [1.82, 2.24) is 0 Å². The van der Waals surface area contributed by atoms with E-state index >= 15 is 0 Å². The third-order valence-electron chi connectivity index (χ3n) is 1.00. The third-order valence-corrected chi connectivity index (χ3v) is 1.00. The van der Waals surface area contributed by atoms with Gasteiger partial charge >= 0.3 is 0 Å². The SMILES string of the molecule is C=CCC[N+](C)(C)C.[OH-]. The standard InChI is InChI=1S/C7H16N.H2O/c1-5-6-7-8(2,3)4;/h5H,1,6-7H2,2-4H3;1H2/q+1;/p-1. The van der Waals surface area contributed by atoms with Gasteiger partial charge in [0.15, 0.2) is 0 Å². The van der Waals surface area contributed by atoms with Crippen LogP contribution in [0.4, 0.5) is 0 Å². The van der Waals surface area contributed by atoms with Crippen LogP contribution in [0.1, 0.15) is 6.42 Å². The van der Waals surface area contributed by atoms with E-state index in [9.17, 15) is 0 Å². The Morgan fingerprint density at radius 2 is 1.78 bits per heavy atom. The molecule has 0 rings (SSSR count). The molecule has 0 saturated heterocycles. The Hall–Kier alpha value is -0.340. The minimum Gasteiger partial charge on any atom is -0.870 e. The summed E-state index contributed by atoms with van der Waals surface area (Å²) in [5.74, 6) is 0. The van der Waals surface area contributed by atoms with Gasteiger partial charge in [0, 0.05) is 6.42 Å². The van der Waals surface area contributed by atoms with Gasteiger partial charge in [-0.2, -0.15) is 0 Å². The van der Waals surface area contributed by atoms with Gasteiger partial charge in [0.1, 0.15) is 0 Å². The molecule has 0 spiro atoms. The zero-order valence-corrected chi connectivity index (χ0v) is 6.59. The summed E-state index contributed by atoms with van der Waals surface area (Å²) in [5, 5.41) is 0. The number of hydrogen-bond donors (Lipinski definition) is 0. The molecule has 0 unspecified atom stereocenters. The van der Waals surface area contributed by atoms with Crippen molar-refractivity contribution >= 4 is 0 Å². The van der Waals surface area contributed by atoms with Gasteiger partial charge in [-0.05, 0) is 0 Å².